The minimum absolute atomic E-state index is 0.255. The van der Waals surface area contributed by atoms with E-state index in [9.17, 15) is 14.4 Å². The molecular formula is C21H23N5O3. The number of rotatable bonds is 4. The van der Waals surface area contributed by atoms with Gasteiger partial charge in [-0.15, -0.1) is 0 Å². The van der Waals surface area contributed by atoms with Crippen LogP contribution >= 0.6 is 0 Å². The molecule has 4 aromatic rings. The lowest BCUT2D eigenvalue weighted by Gasteiger charge is -2.12. The summed E-state index contributed by atoms with van der Waals surface area (Å²) in [5, 5.41) is 0. The summed E-state index contributed by atoms with van der Waals surface area (Å²) in [5.41, 5.74) is 2.55. The van der Waals surface area contributed by atoms with Gasteiger partial charge in [-0.2, -0.15) is 4.98 Å². The molecule has 0 saturated heterocycles. The number of hydrogen-bond acceptors (Lipinski definition) is 4. The van der Waals surface area contributed by atoms with E-state index < -0.39 is 17.3 Å². The van der Waals surface area contributed by atoms with Crippen molar-refractivity contribution in [2.45, 2.75) is 40.2 Å². The molecule has 4 rings (SSSR count). The zero-order chi connectivity index (χ0) is 21.0. The van der Waals surface area contributed by atoms with Crippen molar-refractivity contribution in [2.24, 2.45) is 7.05 Å². The number of nitrogens with zero attached hydrogens (tertiary/aromatic N) is 5. The van der Waals surface area contributed by atoms with Crippen LogP contribution in [-0.2, 0) is 18.3 Å². The molecule has 150 valence electrons. The quantitative estimate of drug-likeness (QED) is 0.532. The zero-order valence-corrected chi connectivity index (χ0v) is 17.1. The fourth-order valence-corrected chi connectivity index (χ4v) is 3.70. The first-order valence-electron chi connectivity index (χ1n) is 9.57. The van der Waals surface area contributed by atoms with Crippen LogP contribution in [-0.4, -0.2) is 28.9 Å². The van der Waals surface area contributed by atoms with Gasteiger partial charge in [0.05, 0.1) is 6.04 Å². The van der Waals surface area contributed by atoms with Gasteiger partial charge < -0.3 is 0 Å². The maximum atomic E-state index is 13.2. The molecule has 8 heteroatoms. The van der Waals surface area contributed by atoms with Crippen LogP contribution in [0.4, 0.5) is 0 Å². The summed E-state index contributed by atoms with van der Waals surface area (Å²) >= 11 is 0. The molecule has 0 saturated carbocycles. The molecule has 0 spiro atoms. The summed E-state index contributed by atoms with van der Waals surface area (Å²) in [4.78, 5) is 42.4. The number of imidazole rings is 2. The number of ketones is 1. The van der Waals surface area contributed by atoms with Crippen LogP contribution in [0.2, 0.25) is 0 Å². The van der Waals surface area contributed by atoms with Crippen LogP contribution in [0.3, 0.4) is 0 Å². The third-order valence-electron chi connectivity index (χ3n) is 5.55. The van der Waals surface area contributed by atoms with Crippen LogP contribution in [0, 0.1) is 6.92 Å². The first kappa shape index (κ1) is 18.9. The molecule has 0 amide bonds. The second-order valence-corrected chi connectivity index (χ2v) is 7.38. The van der Waals surface area contributed by atoms with Crippen molar-refractivity contribution >= 4 is 22.7 Å². The van der Waals surface area contributed by atoms with Gasteiger partial charge >= 0.3 is 5.69 Å². The Morgan fingerprint density at radius 2 is 1.83 bits per heavy atom. The highest BCUT2D eigenvalue weighted by atomic mass is 16.2. The molecule has 0 bridgehead atoms. The standard InChI is InChI=1S/C21H23N5O3/c1-6-15-7-9-16(10-8-15)25-12(2)11-24-17-18(22-20(24)25)23(5)21(29)26(19(17)28)13(3)14(4)27/h7-11,13H,6H2,1-5H3/t13-/m0/s1. The van der Waals surface area contributed by atoms with Crippen molar-refractivity contribution in [2.75, 3.05) is 0 Å². The van der Waals surface area contributed by atoms with Crippen molar-refractivity contribution in [1.82, 2.24) is 23.1 Å². The Labute approximate surface area is 166 Å². The summed E-state index contributed by atoms with van der Waals surface area (Å²) in [5.74, 6) is 0.288. The number of Topliss-reactive ketones (excluding diaryl/α,β-unsaturated/α-hetero) is 1. The minimum Gasteiger partial charge on any atom is -0.298 e. The lowest BCUT2D eigenvalue weighted by molar-refractivity contribution is -0.119. The van der Waals surface area contributed by atoms with Gasteiger partial charge in [0.15, 0.2) is 16.9 Å². The molecule has 8 nitrogen and oxygen atoms in total. The van der Waals surface area contributed by atoms with Gasteiger partial charge in [0.1, 0.15) is 0 Å². The van der Waals surface area contributed by atoms with E-state index in [-0.39, 0.29) is 11.3 Å². The molecule has 0 N–H and O–H groups in total. The maximum Gasteiger partial charge on any atom is 0.333 e. The van der Waals surface area contributed by atoms with Crippen LogP contribution in [0.15, 0.2) is 40.1 Å². The minimum atomic E-state index is -0.846. The van der Waals surface area contributed by atoms with Crippen LogP contribution in [0.25, 0.3) is 22.6 Å². The molecule has 0 fully saturated rings. The predicted molar refractivity (Wildman–Crippen MR) is 111 cm³/mol. The second-order valence-electron chi connectivity index (χ2n) is 7.38. The van der Waals surface area contributed by atoms with Crippen molar-refractivity contribution in [3.05, 3.63) is 62.6 Å². The second kappa shape index (κ2) is 6.58. The van der Waals surface area contributed by atoms with Crippen LogP contribution in [0.1, 0.15) is 38.1 Å². The molecular weight excluding hydrogens is 370 g/mol. The molecule has 29 heavy (non-hydrogen) atoms. The van der Waals surface area contributed by atoms with E-state index in [1.807, 2.05) is 29.8 Å². The van der Waals surface area contributed by atoms with Gasteiger partial charge in [0.2, 0.25) is 5.78 Å². The number of carbonyl (C=O) groups is 1. The first-order valence-corrected chi connectivity index (χ1v) is 9.57. The first-order chi connectivity index (χ1) is 13.8. The molecule has 1 aromatic carbocycles. The number of hydrogen-bond donors (Lipinski definition) is 0. The average molecular weight is 393 g/mol. The molecule has 0 unspecified atom stereocenters. The summed E-state index contributed by atoms with van der Waals surface area (Å²) < 4.78 is 5.97. The number of carbonyl (C=O) groups excluding carboxylic acids is 1. The summed E-state index contributed by atoms with van der Waals surface area (Å²) in [6.07, 6.45) is 2.77. The Morgan fingerprint density at radius 1 is 1.17 bits per heavy atom. The Kier molecular flexibility index (Phi) is 4.29. The lowest BCUT2D eigenvalue weighted by Crippen LogP contribution is -2.42. The Bertz CT molecular complexity index is 1380. The van der Waals surface area contributed by atoms with E-state index >= 15 is 0 Å². The fourth-order valence-electron chi connectivity index (χ4n) is 3.70. The van der Waals surface area contributed by atoms with E-state index in [1.54, 1.807) is 18.4 Å². The Hall–Kier alpha value is -3.42. The number of aryl methyl sites for hydroxylation is 3. The van der Waals surface area contributed by atoms with Crippen molar-refractivity contribution in [1.29, 1.82) is 0 Å². The number of aromatic nitrogens is 5. The SMILES string of the molecule is CCc1ccc(-n2c(C)cn3c4c(=O)n([C@@H](C)C(C)=O)c(=O)n(C)c4nc23)cc1. The van der Waals surface area contributed by atoms with E-state index in [0.29, 0.717) is 11.4 Å². The van der Waals surface area contributed by atoms with Gasteiger partial charge in [-0.05, 0) is 44.9 Å². The monoisotopic (exact) mass is 393 g/mol. The van der Waals surface area contributed by atoms with Crippen molar-refractivity contribution in [3.8, 4) is 5.69 Å². The zero-order valence-electron chi connectivity index (χ0n) is 17.1. The highest BCUT2D eigenvalue weighted by molar-refractivity contribution is 5.81. The summed E-state index contributed by atoms with van der Waals surface area (Å²) in [6, 6.07) is 7.30. The van der Waals surface area contributed by atoms with Gasteiger partial charge in [0, 0.05) is 24.6 Å². The molecule has 3 heterocycles. The van der Waals surface area contributed by atoms with E-state index in [2.05, 4.69) is 24.0 Å². The predicted octanol–water partition coefficient (Wildman–Crippen LogP) is 2.16. The fraction of sp³-hybridized carbons (Fsp3) is 0.333. The molecule has 0 aliphatic rings. The summed E-state index contributed by atoms with van der Waals surface area (Å²) in [7, 11) is 1.56. The third-order valence-corrected chi connectivity index (χ3v) is 5.55. The molecule has 0 aliphatic heterocycles. The van der Waals surface area contributed by atoms with E-state index in [4.69, 9.17) is 0 Å². The van der Waals surface area contributed by atoms with Gasteiger partial charge in [0.25, 0.3) is 5.56 Å². The van der Waals surface area contributed by atoms with Crippen LogP contribution < -0.4 is 11.2 Å². The molecule has 0 aliphatic carbocycles. The average Bonchev–Trinajstić information content (AvgIpc) is 3.21. The number of benzene rings is 1. The highest BCUT2D eigenvalue weighted by Crippen LogP contribution is 2.21. The normalized spacial score (nSPS) is 12.7. The summed E-state index contributed by atoms with van der Waals surface area (Å²) in [6.45, 7) is 6.96. The molecule has 0 radical (unpaired) electrons. The van der Waals surface area contributed by atoms with Crippen LogP contribution in [0.5, 0.6) is 0 Å². The van der Waals surface area contributed by atoms with Gasteiger partial charge in [-0.25, -0.2) is 9.36 Å². The number of fused-ring (bicyclic) bond motifs is 3. The van der Waals surface area contributed by atoms with Crippen molar-refractivity contribution < 1.29 is 4.79 Å². The largest absolute Gasteiger partial charge is 0.333 e. The van der Waals surface area contributed by atoms with Gasteiger partial charge in [-0.1, -0.05) is 19.1 Å². The molecule has 1 atom stereocenters. The van der Waals surface area contributed by atoms with Gasteiger partial charge in [-0.3, -0.25) is 23.1 Å². The topological polar surface area (TPSA) is 83.3 Å². The Morgan fingerprint density at radius 3 is 2.41 bits per heavy atom. The highest BCUT2D eigenvalue weighted by Gasteiger charge is 2.24. The maximum absolute atomic E-state index is 13.2. The van der Waals surface area contributed by atoms with E-state index in [0.717, 1.165) is 22.4 Å². The van der Waals surface area contributed by atoms with E-state index in [1.165, 1.54) is 17.1 Å². The smallest absolute Gasteiger partial charge is 0.298 e. The molecule has 3 aromatic heterocycles. The third kappa shape index (κ3) is 2.66. The van der Waals surface area contributed by atoms with Crippen molar-refractivity contribution in [3.63, 3.8) is 0 Å². The lowest BCUT2D eigenvalue weighted by atomic mass is 10.1. The Balaban J connectivity index is 2.09.